The fourth-order valence-corrected chi connectivity index (χ4v) is 4.38. The lowest BCUT2D eigenvalue weighted by molar-refractivity contribution is -0.134. The quantitative estimate of drug-likeness (QED) is 0.649. The summed E-state index contributed by atoms with van der Waals surface area (Å²) in [6.07, 6.45) is 1.77. The Hall–Kier alpha value is -1.70. The van der Waals surface area contributed by atoms with Crippen molar-refractivity contribution in [1.29, 1.82) is 0 Å². The molecule has 0 spiro atoms. The molecule has 6 nitrogen and oxygen atoms in total. The molecule has 0 saturated carbocycles. The molecule has 160 valence electrons. The van der Waals surface area contributed by atoms with Crippen molar-refractivity contribution in [3.05, 3.63) is 39.7 Å². The second-order valence-corrected chi connectivity index (χ2v) is 9.05. The third-order valence-corrected chi connectivity index (χ3v) is 5.92. The van der Waals surface area contributed by atoms with Crippen LogP contribution in [0.5, 0.6) is 5.75 Å². The van der Waals surface area contributed by atoms with Crippen LogP contribution in [0.25, 0.3) is 10.9 Å². The third-order valence-electron chi connectivity index (χ3n) is 4.93. The molecule has 0 radical (unpaired) electrons. The summed E-state index contributed by atoms with van der Waals surface area (Å²) in [4.78, 5) is 29.9. The Labute approximate surface area is 182 Å². The Bertz CT molecular complexity index is 927. The smallest absolute Gasteiger partial charge is 0.263 e. The van der Waals surface area contributed by atoms with Crippen molar-refractivity contribution < 1.29 is 9.53 Å². The van der Waals surface area contributed by atoms with Crippen molar-refractivity contribution in [3.8, 4) is 5.75 Å². The number of H-pyrrole nitrogens is 1. The number of hydrogen-bond acceptors (Lipinski definition) is 5. The molecular weight excluding hydrogens is 410 g/mol. The van der Waals surface area contributed by atoms with Crippen LogP contribution in [0.1, 0.15) is 31.4 Å². The molecule has 1 aromatic carbocycles. The van der Waals surface area contributed by atoms with Gasteiger partial charge in [-0.3, -0.25) is 9.59 Å². The number of aromatic amines is 1. The molecule has 3 rings (SSSR count). The highest BCUT2D eigenvalue weighted by Gasteiger charge is 2.30. The molecule has 2 aromatic rings. The zero-order valence-electron chi connectivity index (χ0n) is 17.5. The highest BCUT2D eigenvalue weighted by Crippen LogP contribution is 2.30. The van der Waals surface area contributed by atoms with Gasteiger partial charge in [0, 0.05) is 28.8 Å². The predicted octanol–water partition coefficient (Wildman–Crippen LogP) is 2.96. The highest BCUT2D eigenvalue weighted by atomic mass is 35.5. The summed E-state index contributed by atoms with van der Waals surface area (Å²) >= 11 is 1.78. The lowest BCUT2D eigenvalue weighted by atomic mass is 10.0. The van der Waals surface area contributed by atoms with Crippen molar-refractivity contribution in [2.45, 2.75) is 38.0 Å². The molecule has 8 heteroatoms. The number of aromatic nitrogens is 1. The number of rotatable bonds is 7. The first-order valence-electron chi connectivity index (χ1n) is 9.65. The van der Waals surface area contributed by atoms with E-state index in [0.29, 0.717) is 12.3 Å². The van der Waals surface area contributed by atoms with Crippen molar-refractivity contribution in [2.24, 2.45) is 0 Å². The number of amides is 1. The van der Waals surface area contributed by atoms with Gasteiger partial charge < -0.3 is 19.9 Å². The largest absolute Gasteiger partial charge is 0.478 e. The van der Waals surface area contributed by atoms with Gasteiger partial charge in [0.25, 0.3) is 11.5 Å². The average molecular weight is 440 g/mol. The van der Waals surface area contributed by atoms with Gasteiger partial charge in [0.1, 0.15) is 5.75 Å². The van der Waals surface area contributed by atoms with E-state index in [2.05, 4.69) is 15.2 Å². The van der Waals surface area contributed by atoms with Crippen molar-refractivity contribution in [1.82, 2.24) is 15.2 Å². The number of thioether (sulfide) groups is 1. The fourth-order valence-electron chi connectivity index (χ4n) is 3.38. The molecule has 0 fully saturated rings. The minimum absolute atomic E-state index is 0. The molecule has 2 N–H and O–H groups in total. The summed E-state index contributed by atoms with van der Waals surface area (Å²) in [5.41, 5.74) is 1.80. The van der Waals surface area contributed by atoms with Gasteiger partial charge >= 0.3 is 0 Å². The van der Waals surface area contributed by atoms with E-state index in [1.165, 1.54) is 0 Å². The molecule has 0 unspecified atom stereocenters. The number of halogens is 1. The van der Waals surface area contributed by atoms with Gasteiger partial charge in [0.2, 0.25) is 0 Å². The van der Waals surface area contributed by atoms with Gasteiger partial charge in [-0.05, 0) is 76.8 Å². The zero-order chi connectivity index (χ0) is 20.3. The number of hydrogen-bond donors (Lipinski definition) is 2. The summed E-state index contributed by atoms with van der Waals surface area (Å²) in [7, 11) is 4.03. The minimum atomic E-state index is -0.982. The van der Waals surface area contributed by atoms with Crippen LogP contribution in [0.3, 0.4) is 0 Å². The standard InChI is InChI=1S/C21H29N3O3S.ClH/c1-21(2,20(26)22-9-5-10-24(3)4)27-14-6-7-18-16(12-14)15-8-11-28-13-17(15)19(25)23-18;/h6-7,12H,5,8-11,13H2,1-4H3,(H,22,26)(H,23,25);1H. The Kier molecular flexibility index (Phi) is 8.02. The molecule has 1 aliphatic heterocycles. The lowest BCUT2D eigenvalue weighted by Gasteiger charge is -2.26. The molecule has 0 aliphatic carbocycles. The Morgan fingerprint density at radius 3 is 2.79 bits per heavy atom. The summed E-state index contributed by atoms with van der Waals surface area (Å²) in [6.45, 7) is 5.09. The van der Waals surface area contributed by atoms with Crippen molar-refractivity contribution >= 4 is 41.0 Å². The number of benzene rings is 1. The van der Waals surface area contributed by atoms with Crippen LogP contribution in [0.2, 0.25) is 0 Å². The van der Waals surface area contributed by atoms with Crippen LogP contribution < -0.4 is 15.6 Å². The van der Waals surface area contributed by atoms with E-state index in [9.17, 15) is 9.59 Å². The highest BCUT2D eigenvalue weighted by molar-refractivity contribution is 7.98. The molecular formula is C21H30ClN3O3S. The number of ether oxygens (including phenoxy) is 1. The van der Waals surface area contributed by atoms with E-state index >= 15 is 0 Å². The summed E-state index contributed by atoms with van der Waals surface area (Å²) in [6, 6.07) is 5.61. The maximum absolute atomic E-state index is 12.6. The molecule has 2 heterocycles. The maximum Gasteiger partial charge on any atom is 0.263 e. The van der Waals surface area contributed by atoms with Gasteiger partial charge in [-0.15, -0.1) is 12.4 Å². The Morgan fingerprint density at radius 2 is 2.07 bits per heavy atom. The normalized spacial score (nSPS) is 13.7. The van der Waals surface area contributed by atoms with Gasteiger partial charge in [-0.25, -0.2) is 0 Å². The molecule has 1 aromatic heterocycles. The van der Waals surface area contributed by atoms with E-state index in [-0.39, 0.29) is 23.9 Å². The molecule has 0 atom stereocenters. The van der Waals surface area contributed by atoms with Gasteiger partial charge in [0.05, 0.1) is 0 Å². The van der Waals surface area contributed by atoms with E-state index in [1.54, 1.807) is 25.6 Å². The number of pyridine rings is 1. The van der Waals surface area contributed by atoms with E-state index in [4.69, 9.17) is 4.74 Å². The lowest BCUT2D eigenvalue weighted by Crippen LogP contribution is -2.47. The summed E-state index contributed by atoms with van der Waals surface area (Å²) in [5, 5.41) is 3.96. The average Bonchev–Trinajstić information content (AvgIpc) is 2.65. The van der Waals surface area contributed by atoms with Gasteiger partial charge in [-0.2, -0.15) is 11.8 Å². The van der Waals surface area contributed by atoms with Crippen LogP contribution in [0.15, 0.2) is 23.0 Å². The van der Waals surface area contributed by atoms with Gasteiger partial charge in [0.15, 0.2) is 5.60 Å². The maximum atomic E-state index is 12.6. The summed E-state index contributed by atoms with van der Waals surface area (Å²) in [5.74, 6) is 2.25. The third kappa shape index (κ3) is 5.68. The molecule has 0 saturated heterocycles. The van der Waals surface area contributed by atoms with Crippen LogP contribution in [-0.2, 0) is 17.0 Å². The van der Waals surface area contributed by atoms with Crippen LogP contribution in [0.4, 0.5) is 0 Å². The number of carbonyl (C=O) groups excluding carboxylic acids is 1. The van der Waals surface area contributed by atoms with E-state index < -0.39 is 5.60 Å². The van der Waals surface area contributed by atoms with Gasteiger partial charge in [-0.1, -0.05) is 0 Å². The first-order chi connectivity index (χ1) is 13.3. The van der Waals surface area contributed by atoms with E-state index in [0.717, 1.165) is 52.9 Å². The SMILES string of the molecule is CN(C)CCCNC(=O)C(C)(C)Oc1ccc2[nH]c(=O)c3c(c2c1)CCSC3.Cl. The van der Waals surface area contributed by atoms with Crippen LogP contribution >= 0.6 is 24.2 Å². The number of aryl methyl sites for hydroxylation is 1. The Morgan fingerprint density at radius 1 is 1.31 bits per heavy atom. The topological polar surface area (TPSA) is 74.4 Å². The number of carbonyl (C=O) groups is 1. The van der Waals surface area contributed by atoms with Crippen molar-refractivity contribution in [3.63, 3.8) is 0 Å². The second-order valence-electron chi connectivity index (χ2n) is 7.95. The number of fused-ring (bicyclic) bond motifs is 3. The molecule has 0 bridgehead atoms. The van der Waals surface area contributed by atoms with Crippen LogP contribution in [0, 0.1) is 0 Å². The number of nitrogens with zero attached hydrogens (tertiary/aromatic N) is 1. The van der Waals surface area contributed by atoms with E-state index in [1.807, 2.05) is 32.3 Å². The van der Waals surface area contributed by atoms with Crippen molar-refractivity contribution in [2.75, 3.05) is 32.9 Å². The van der Waals surface area contributed by atoms with Crippen LogP contribution in [-0.4, -0.2) is 54.3 Å². The number of nitrogens with one attached hydrogen (secondary N) is 2. The first kappa shape index (κ1) is 23.6. The minimum Gasteiger partial charge on any atom is -0.478 e. The predicted molar refractivity (Wildman–Crippen MR) is 123 cm³/mol. The molecule has 1 aliphatic rings. The molecule has 29 heavy (non-hydrogen) atoms. The second kappa shape index (κ2) is 9.87. The monoisotopic (exact) mass is 439 g/mol. The Balaban J connectivity index is 0.00000300. The fraction of sp³-hybridized carbons (Fsp3) is 0.524. The zero-order valence-corrected chi connectivity index (χ0v) is 19.1. The molecule has 1 amide bonds. The summed E-state index contributed by atoms with van der Waals surface area (Å²) < 4.78 is 6.05. The first-order valence-corrected chi connectivity index (χ1v) is 10.8.